The normalized spacial score (nSPS) is 10.2. The Morgan fingerprint density at radius 3 is 1.78 bits per heavy atom. The quantitative estimate of drug-likeness (QED) is 0.320. The van der Waals surface area contributed by atoms with Crippen molar-refractivity contribution < 1.29 is 14.0 Å². The van der Waals surface area contributed by atoms with Gasteiger partial charge in [0.25, 0.3) is 11.8 Å². The minimum atomic E-state index is -0.215. The van der Waals surface area contributed by atoms with E-state index < -0.39 is 0 Å². The number of hydrogen-bond acceptors (Lipinski definition) is 7. The number of amides is 2. The highest BCUT2D eigenvalue weighted by atomic mass is 16.3. The van der Waals surface area contributed by atoms with Gasteiger partial charge in [-0.1, -0.05) is 13.8 Å². The van der Waals surface area contributed by atoms with Gasteiger partial charge < -0.3 is 38.0 Å². The minimum absolute atomic E-state index is 0.115. The Kier molecular flexibility index (Phi) is 8.53. The predicted octanol–water partition coefficient (Wildman–Crippen LogP) is 2.61. The van der Waals surface area contributed by atoms with Gasteiger partial charge in [-0.05, 0) is 54.4 Å². The van der Waals surface area contributed by atoms with Gasteiger partial charge in [0.05, 0.1) is 35.6 Å². The number of furan rings is 1. The van der Waals surface area contributed by atoms with Crippen LogP contribution >= 0.6 is 0 Å². The molecule has 9 heteroatoms. The molecule has 2 amide bonds. The van der Waals surface area contributed by atoms with Crippen LogP contribution in [0.2, 0.25) is 0 Å². The summed E-state index contributed by atoms with van der Waals surface area (Å²) in [5.74, 6) is 0.797. The summed E-state index contributed by atoms with van der Waals surface area (Å²) in [6.45, 7) is 5.08. The second-order valence-corrected chi connectivity index (χ2v) is 7.55. The second-order valence-electron chi connectivity index (χ2n) is 7.55. The second kappa shape index (κ2) is 11.3. The molecule has 10 N–H and O–H groups in total. The van der Waals surface area contributed by atoms with Crippen LogP contribution in [0.4, 0.5) is 22.7 Å². The Labute approximate surface area is 187 Å². The van der Waals surface area contributed by atoms with Crippen molar-refractivity contribution in [2.45, 2.75) is 20.4 Å². The van der Waals surface area contributed by atoms with Crippen molar-refractivity contribution in [3.05, 3.63) is 71.7 Å². The monoisotopic (exact) mass is 438 g/mol. The highest BCUT2D eigenvalue weighted by molar-refractivity contribution is 5.96. The van der Waals surface area contributed by atoms with E-state index in [1.165, 1.54) is 0 Å². The van der Waals surface area contributed by atoms with Crippen LogP contribution in [0.1, 0.15) is 40.3 Å². The molecule has 0 aliphatic carbocycles. The third-order valence-corrected chi connectivity index (χ3v) is 4.37. The molecule has 0 spiro atoms. The summed E-state index contributed by atoms with van der Waals surface area (Å²) in [7, 11) is 0. The molecule has 2 aromatic carbocycles. The lowest BCUT2D eigenvalue weighted by Crippen LogP contribution is -2.27. The van der Waals surface area contributed by atoms with Crippen molar-refractivity contribution in [3.63, 3.8) is 0 Å². The van der Waals surface area contributed by atoms with Gasteiger partial charge in [-0.25, -0.2) is 0 Å². The van der Waals surface area contributed by atoms with E-state index in [0.717, 1.165) is 0 Å². The van der Waals surface area contributed by atoms with E-state index in [0.29, 0.717) is 58.6 Å². The molecular weight excluding hydrogens is 408 g/mol. The lowest BCUT2D eigenvalue weighted by atomic mass is 10.1. The van der Waals surface area contributed by atoms with Crippen LogP contribution < -0.4 is 33.6 Å². The number of carbonyl (C=O) groups excluding carboxylic acids is 2. The Morgan fingerprint density at radius 1 is 0.812 bits per heavy atom. The zero-order chi connectivity index (χ0) is 23.7. The van der Waals surface area contributed by atoms with E-state index in [-0.39, 0.29) is 11.8 Å². The number of carbonyl (C=O) groups is 2. The molecule has 3 aromatic rings. The summed E-state index contributed by atoms with van der Waals surface area (Å²) >= 11 is 0. The average Bonchev–Trinajstić information content (AvgIpc) is 3.28. The molecule has 0 fully saturated rings. The summed E-state index contributed by atoms with van der Waals surface area (Å²) in [5, 5.41) is 5.53. The fraction of sp³-hybridized carbons (Fsp3) is 0.217. The number of nitrogens with one attached hydrogen (secondary N) is 2. The number of benzene rings is 2. The van der Waals surface area contributed by atoms with Crippen LogP contribution in [0, 0.1) is 5.92 Å². The van der Waals surface area contributed by atoms with Crippen LogP contribution in [-0.4, -0.2) is 18.4 Å². The van der Waals surface area contributed by atoms with E-state index in [9.17, 15) is 9.59 Å². The zero-order valence-electron chi connectivity index (χ0n) is 18.2. The first kappa shape index (κ1) is 24.1. The van der Waals surface area contributed by atoms with Crippen LogP contribution in [0.5, 0.6) is 0 Å². The molecule has 0 aliphatic heterocycles. The van der Waals surface area contributed by atoms with Crippen LogP contribution in [0.15, 0.2) is 59.2 Å². The standard InChI is InChI=1S/C12H13N3O2.C11H17N3O/c13-10-4-3-8(6-11(10)14)12(16)15-7-9-2-1-5-17-9;1-7(2)6-14-11(15)8-3-4-9(12)10(13)5-8/h1-6H,7,13-14H2,(H,15,16);3-5,7H,6,12-13H2,1-2H3,(H,14,15). The number of anilines is 4. The summed E-state index contributed by atoms with van der Waals surface area (Å²) in [6.07, 6.45) is 1.56. The molecule has 0 aliphatic rings. The van der Waals surface area contributed by atoms with Crippen LogP contribution in [-0.2, 0) is 6.54 Å². The van der Waals surface area contributed by atoms with Gasteiger partial charge in [0, 0.05) is 17.7 Å². The zero-order valence-corrected chi connectivity index (χ0v) is 18.2. The van der Waals surface area contributed by atoms with Crippen molar-refractivity contribution in [2.75, 3.05) is 29.5 Å². The third kappa shape index (κ3) is 7.28. The molecule has 0 unspecified atom stereocenters. The largest absolute Gasteiger partial charge is 0.467 e. The highest BCUT2D eigenvalue weighted by Gasteiger charge is 2.08. The Balaban J connectivity index is 0.000000229. The maximum atomic E-state index is 11.8. The fourth-order valence-electron chi connectivity index (χ4n) is 2.51. The molecule has 3 rings (SSSR count). The lowest BCUT2D eigenvalue weighted by molar-refractivity contribution is 0.0940. The van der Waals surface area contributed by atoms with Gasteiger partial charge in [-0.15, -0.1) is 0 Å². The highest BCUT2D eigenvalue weighted by Crippen LogP contribution is 2.16. The topological polar surface area (TPSA) is 175 Å². The Hall–Kier alpha value is -4.14. The summed E-state index contributed by atoms with van der Waals surface area (Å²) in [6, 6.07) is 13.2. The van der Waals surface area contributed by atoms with E-state index in [1.807, 2.05) is 13.8 Å². The SMILES string of the molecule is CC(C)CNC(=O)c1ccc(N)c(N)c1.Nc1ccc(C(=O)NCc2ccco2)cc1N. The number of nitrogens with two attached hydrogens (primary N) is 4. The smallest absolute Gasteiger partial charge is 0.251 e. The lowest BCUT2D eigenvalue weighted by Gasteiger charge is -2.08. The Bertz CT molecular complexity index is 1050. The molecule has 9 nitrogen and oxygen atoms in total. The molecule has 1 aromatic heterocycles. The van der Waals surface area contributed by atoms with Gasteiger partial charge in [-0.2, -0.15) is 0 Å². The van der Waals surface area contributed by atoms with Gasteiger partial charge in [0.15, 0.2) is 0 Å². The predicted molar refractivity (Wildman–Crippen MR) is 128 cm³/mol. The number of rotatable bonds is 6. The van der Waals surface area contributed by atoms with E-state index in [1.54, 1.807) is 54.8 Å². The van der Waals surface area contributed by atoms with Crippen molar-refractivity contribution in [1.29, 1.82) is 0 Å². The Morgan fingerprint density at radius 2 is 1.34 bits per heavy atom. The van der Waals surface area contributed by atoms with Gasteiger partial charge >= 0.3 is 0 Å². The molecule has 0 atom stereocenters. The van der Waals surface area contributed by atoms with Crippen molar-refractivity contribution in [3.8, 4) is 0 Å². The van der Waals surface area contributed by atoms with Crippen molar-refractivity contribution in [1.82, 2.24) is 10.6 Å². The van der Waals surface area contributed by atoms with Crippen molar-refractivity contribution in [2.24, 2.45) is 5.92 Å². The molecular formula is C23H30N6O3. The number of nitrogen functional groups attached to an aromatic ring is 4. The van der Waals surface area contributed by atoms with E-state index >= 15 is 0 Å². The van der Waals surface area contributed by atoms with E-state index in [2.05, 4.69) is 10.6 Å². The third-order valence-electron chi connectivity index (χ3n) is 4.37. The first-order valence-electron chi connectivity index (χ1n) is 10.1. The average molecular weight is 439 g/mol. The molecule has 0 radical (unpaired) electrons. The molecule has 1 heterocycles. The minimum Gasteiger partial charge on any atom is -0.467 e. The molecule has 0 saturated carbocycles. The van der Waals surface area contributed by atoms with Gasteiger partial charge in [-0.3, -0.25) is 9.59 Å². The first-order chi connectivity index (χ1) is 15.2. The first-order valence-corrected chi connectivity index (χ1v) is 10.1. The van der Waals surface area contributed by atoms with Gasteiger partial charge in [0.1, 0.15) is 5.76 Å². The maximum absolute atomic E-state index is 11.8. The molecule has 0 bridgehead atoms. The summed E-state index contributed by atoms with van der Waals surface area (Å²) < 4.78 is 5.10. The number of hydrogen-bond donors (Lipinski definition) is 6. The maximum Gasteiger partial charge on any atom is 0.251 e. The molecule has 170 valence electrons. The van der Waals surface area contributed by atoms with Crippen LogP contribution in [0.3, 0.4) is 0 Å². The summed E-state index contributed by atoms with van der Waals surface area (Å²) in [5.41, 5.74) is 25.2. The molecule has 0 saturated heterocycles. The van der Waals surface area contributed by atoms with E-state index in [4.69, 9.17) is 27.4 Å². The summed E-state index contributed by atoms with van der Waals surface area (Å²) in [4.78, 5) is 23.4. The fourth-order valence-corrected chi connectivity index (χ4v) is 2.51. The van der Waals surface area contributed by atoms with Gasteiger partial charge in [0.2, 0.25) is 0 Å². The molecule has 32 heavy (non-hydrogen) atoms. The van der Waals surface area contributed by atoms with Crippen molar-refractivity contribution >= 4 is 34.6 Å². The van der Waals surface area contributed by atoms with Crippen LogP contribution in [0.25, 0.3) is 0 Å².